The van der Waals surface area contributed by atoms with Crippen molar-refractivity contribution in [2.75, 3.05) is 26.2 Å². The molecule has 7 nitrogen and oxygen atoms in total. The van der Waals surface area contributed by atoms with Crippen molar-refractivity contribution >= 4 is 11.8 Å². The van der Waals surface area contributed by atoms with Crippen molar-refractivity contribution in [1.82, 2.24) is 25.5 Å². The lowest BCUT2D eigenvalue weighted by molar-refractivity contribution is 0.0711. The summed E-state index contributed by atoms with van der Waals surface area (Å²) in [5.41, 5.74) is 0.113. The van der Waals surface area contributed by atoms with Gasteiger partial charge in [-0.1, -0.05) is 0 Å². The zero-order valence-electron chi connectivity index (χ0n) is 13.5. The van der Waals surface area contributed by atoms with Crippen LogP contribution in [0.3, 0.4) is 0 Å². The van der Waals surface area contributed by atoms with Gasteiger partial charge in [-0.05, 0) is 25.7 Å². The topological polar surface area (TPSA) is 87.2 Å². The van der Waals surface area contributed by atoms with E-state index in [1.54, 1.807) is 4.90 Å². The number of carbonyl (C=O) groups excluding carboxylic acids is 2. The number of nitrogens with zero attached hydrogens (tertiary/aromatic N) is 3. The number of aromatic nitrogens is 2. The van der Waals surface area contributed by atoms with Crippen molar-refractivity contribution in [2.45, 2.75) is 37.9 Å². The number of halogens is 1. The van der Waals surface area contributed by atoms with Crippen molar-refractivity contribution in [1.29, 1.82) is 0 Å². The van der Waals surface area contributed by atoms with Crippen LogP contribution in [-0.2, 0) is 0 Å². The first kappa shape index (κ1) is 16.8. The molecule has 0 saturated carbocycles. The molecule has 0 aliphatic carbocycles. The lowest BCUT2D eigenvalue weighted by Gasteiger charge is -2.26. The highest BCUT2D eigenvalue weighted by Crippen LogP contribution is 2.14. The van der Waals surface area contributed by atoms with Gasteiger partial charge in [-0.2, -0.15) is 0 Å². The number of piperidine rings is 1. The number of amides is 2. The number of nitrogens with one attached hydrogen (secondary N) is 2. The zero-order chi connectivity index (χ0) is 16.9. The Morgan fingerprint density at radius 1 is 1.21 bits per heavy atom. The first-order chi connectivity index (χ1) is 11.6. The highest BCUT2D eigenvalue weighted by atomic mass is 19.1. The van der Waals surface area contributed by atoms with Crippen LogP contribution in [-0.4, -0.2) is 65.1 Å². The van der Waals surface area contributed by atoms with Crippen LogP contribution in [0.4, 0.5) is 4.39 Å². The van der Waals surface area contributed by atoms with Crippen LogP contribution in [0, 0.1) is 0 Å². The van der Waals surface area contributed by atoms with Gasteiger partial charge in [-0.15, -0.1) is 0 Å². The molecule has 0 radical (unpaired) electrons. The van der Waals surface area contributed by atoms with E-state index in [4.69, 9.17) is 0 Å². The molecule has 2 atom stereocenters. The van der Waals surface area contributed by atoms with E-state index in [2.05, 4.69) is 20.6 Å². The lowest BCUT2D eigenvalue weighted by Crippen LogP contribution is -2.40. The van der Waals surface area contributed by atoms with Gasteiger partial charge >= 0.3 is 0 Å². The first-order valence-corrected chi connectivity index (χ1v) is 8.41. The Morgan fingerprint density at radius 2 is 1.92 bits per heavy atom. The molecule has 0 aromatic carbocycles. The Bertz CT molecular complexity index is 606. The SMILES string of the molecule is O=C(NC[C@@H]1C[C@H](F)CN1)c1nccnc1C(=O)N1CCCCC1. The van der Waals surface area contributed by atoms with E-state index < -0.39 is 12.1 Å². The number of carbonyl (C=O) groups is 2. The normalized spacial score (nSPS) is 24.0. The van der Waals surface area contributed by atoms with Crippen LogP contribution >= 0.6 is 0 Å². The summed E-state index contributed by atoms with van der Waals surface area (Å²) < 4.78 is 13.1. The van der Waals surface area contributed by atoms with E-state index in [-0.39, 0.29) is 23.3 Å². The molecule has 2 aliphatic heterocycles. The molecule has 2 aliphatic rings. The third-order valence-corrected chi connectivity index (χ3v) is 4.44. The Hall–Kier alpha value is -2.09. The van der Waals surface area contributed by atoms with Gasteiger partial charge in [0, 0.05) is 44.6 Å². The van der Waals surface area contributed by atoms with Crippen molar-refractivity contribution in [2.24, 2.45) is 0 Å². The van der Waals surface area contributed by atoms with Gasteiger partial charge in [0.25, 0.3) is 11.8 Å². The van der Waals surface area contributed by atoms with Gasteiger partial charge in [0.2, 0.25) is 0 Å². The molecule has 3 heterocycles. The Balaban J connectivity index is 1.66. The van der Waals surface area contributed by atoms with E-state index in [9.17, 15) is 14.0 Å². The Labute approximate surface area is 140 Å². The van der Waals surface area contributed by atoms with Gasteiger partial charge in [0.1, 0.15) is 6.17 Å². The molecule has 0 unspecified atom stereocenters. The maximum absolute atomic E-state index is 13.1. The summed E-state index contributed by atoms with van der Waals surface area (Å²) in [6.07, 6.45) is 5.35. The first-order valence-electron chi connectivity index (χ1n) is 8.41. The number of hydrogen-bond donors (Lipinski definition) is 2. The molecular weight excluding hydrogens is 313 g/mol. The van der Waals surface area contributed by atoms with Crippen LogP contribution in [0.5, 0.6) is 0 Å². The van der Waals surface area contributed by atoms with Gasteiger partial charge in [-0.3, -0.25) is 9.59 Å². The molecule has 1 aromatic heterocycles. The molecule has 24 heavy (non-hydrogen) atoms. The quantitative estimate of drug-likeness (QED) is 0.838. The fraction of sp³-hybridized carbons (Fsp3) is 0.625. The summed E-state index contributed by atoms with van der Waals surface area (Å²) in [6, 6.07) is -0.0955. The second-order valence-electron chi connectivity index (χ2n) is 6.25. The summed E-state index contributed by atoms with van der Waals surface area (Å²) in [5.74, 6) is -0.705. The number of hydrogen-bond acceptors (Lipinski definition) is 5. The Kier molecular flexibility index (Phi) is 5.34. The summed E-state index contributed by atoms with van der Waals surface area (Å²) in [7, 11) is 0. The minimum absolute atomic E-state index is 0.0304. The van der Waals surface area contributed by atoms with E-state index in [0.717, 1.165) is 19.3 Å². The molecular formula is C16H22FN5O2. The van der Waals surface area contributed by atoms with E-state index in [0.29, 0.717) is 32.6 Å². The van der Waals surface area contributed by atoms with Crippen LogP contribution in [0.25, 0.3) is 0 Å². The van der Waals surface area contributed by atoms with E-state index in [1.165, 1.54) is 12.4 Å². The van der Waals surface area contributed by atoms with E-state index >= 15 is 0 Å². The molecule has 8 heteroatoms. The third-order valence-electron chi connectivity index (χ3n) is 4.44. The fourth-order valence-electron chi connectivity index (χ4n) is 3.13. The number of alkyl halides is 1. The number of likely N-dealkylation sites (tertiary alicyclic amines) is 1. The van der Waals surface area contributed by atoms with Gasteiger partial charge in [-0.25, -0.2) is 14.4 Å². The van der Waals surface area contributed by atoms with Crippen molar-refractivity contribution < 1.29 is 14.0 Å². The van der Waals surface area contributed by atoms with Crippen LogP contribution in [0.2, 0.25) is 0 Å². The maximum atomic E-state index is 13.1. The van der Waals surface area contributed by atoms with Crippen molar-refractivity contribution in [3.63, 3.8) is 0 Å². The fourth-order valence-corrected chi connectivity index (χ4v) is 3.13. The smallest absolute Gasteiger partial charge is 0.274 e. The molecule has 2 fully saturated rings. The zero-order valence-corrected chi connectivity index (χ0v) is 13.5. The molecule has 3 rings (SSSR count). The van der Waals surface area contributed by atoms with Crippen LogP contribution in [0.1, 0.15) is 46.7 Å². The largest absolute Gasteiger partial charge is 0.349 e. The minimum Gasteiger partial charge on any atom is -0.349 e. The van der Waals surface area contributed by atoms with Crippen LogP contribution in [0.15, 0.2) is 12.4 Å². The highest BCUT2D eigenvalue weighted by Gasteiger charge is 2.27. The lowest BCUT2D eigenvalue weighted by atomic mass is 10.1. The predicted molar refractivity (Wildman–Crippen MR) is 85.4 cm³/mol. The maximum Gasteiger partial charge on any atom is 0.274 e. The molecule has 0 spiro atoms. The van der Waals surface area contributed by atoms with E-state index in [1.807, 2.05) is 0 Å². The van der Waals surface area contributed by atoms with Gasteiger partial charge in [0.05, 0.1) is 0 Å². The second-order valence-corrected chi connectivity index (χ2v) is 6.25. The average molecular weight is 335 g/mol. The summed E-state index contributed by atoms with van der Waals surface area (Å²) in [6.45, 7) is 1.97. The third kappa shape index (κ3) is 3.87. The average Bonchev–Trinajstić information content (AvgIpc) is 3.05. The number of rotatable bonds is 4. The molecule has 2 N–H and O–H groups in total. The summed E-state index contributed by atoms with van der Waals surface area (Å²) in [5, 5.41) is 5.72. The van der Waals surface area contributed by atoms with Gasteiger partial charge in [0.15, 0.2) is 11.4 Å². The molecule has 2 saturated heterocycles. The molecule has 130 valence electrons. The highest BCUT2D eigenvalue weighted by molar-refractivity contribution is 6.04. The Morgan fingerprint density at radius 3 is 2.58 bits per heavy atom. The summed E-state index contributed by atoms with van der Waals surface area (Å²) in [4.78, 5) is 34.8. The van der Waals surface area contributed by atoms with Crippen LogP contribution < -0.4 is 10.6 Å². The summed E-state index contributed by atoms with van der Waals surface area (Å²) >= 11 is 0. The predicted octanol–water partition coefficient (Wildman–Crippen LogP) is 0.532. The second kappa shape index (κ2) is 7.65. The molecule has 1 aromatic rings. The van der Waals surface area contributed by atoms with Crippen molar-refractivity contribution in [3.8, 4) is 0 Å². The van der Waals surface area contributed by atoms with Crippen molar-refractivity contribution in [3.05, 3.63) is 23.8 Å². The monoisotopic (exact) mass is 335 g/mol. The molecule has 2 amide bonds. The molecule has 0 bridgehead atoms. The minimum atomic E-state index is -0.875. The van der Waals surface area contributed by atoms with Gasteiger partial charge < -0.3 is 15.5 Å². The standard InChI is InChI=1S/C16H22FN5O2/c17-11-8-12(20-9-11)10-21-15(23)13-14(19-5-4-18-13)16(24)22-6-2-1-3-7-22/h4-5,11-12,20H,1-3,6-10H2,(H,21,23)/t11-,12-/m0/s1.